The second kappa shape index (κ2) is 9.47. The van der Waals surface area contributed by atoms with E-state index in [0.717, 1.165) is 35.5 Å². The minimum atomic E-state index is -0.0435. The zero-order valence-electron chi connectivity index (χ0n) is 17.8. The first kappa shape index (κ1) is 20.7. The van der Waals surface area contributed by atoms with Crippen LogP contribution in [0, 0.1) is 0 Å². The summed E-state index contributed by atoms with van der Waals surface area (Å²) < 4.78 is 12.6. The zero-order chi connectivity index (χ0) is 21.6. The average Bonchev–Trinajstić information content (AvgIpc) is 3.47. The molecule has 0 N–H and O–H groups in total. The van der Waals surface area contributed by atoms with Gasteiger partial charge in [-0.3, -0.25) is 4.79 Å². The smallest absolute Gasteiger partial charge is 0.247 e. The van der Waals surface area contributed by atoms with Gasteiger partial charge in [0.1, 0.15) is 17.2 Å². The van der Waals surface area contributed by atoms with E-state index < -0.39 is 0 Å². The maximum atomic E-state index is 12.9. The molecule has 31 heavy (non-hydrogen) atoms. The molecule has 1 amide bonds. The third kappa shape index (κ3) is 4.77. The molecule has 3 aromatic rings. The van der Waals surface area contributed by atoms with Crippen LogP contribution in [-0.2, 0) is 11.3 Å². The Balaban J connectivity index is 1.45. The maximum absolute atomic E-state index is 12.9. The standard InChI is InChI=1S/C24H26N4O3/c1-30-20-11-12-21(23(15-20)31-2)22-9-6-14-28(22)24(29)13-10-19-17-27(26-25-19)16-18-7-4-3-5-8-18/h3-5,7-8,10-13,15,17,22H,6,9,14,16H2,1-2H3. The number of hydrogen-bond donors (Lipinski definition) is 0. The van der Waals surface area contributed by atoms with Crippen molar-refractivity contribution < 1.29 is 14.3 Å². The van der Waals surface area contributed by atoms with E-state index >= 15 is 0 Å². The van der Waals surface area contributed by atoms with E-state index in [4.69, 9.17) is 9.47 Å². The minimum absolute atomic E-state index is 0.0215. The van der Waals surface area contributed by atoms with Gasteiger partial charge in [-0.15, -0.1) is 5.10 Å². The van der Waals surface area contributed by atoms with Gasteiger partial charge in [0, 0.05) is 24.3 Å². The molecular formula is C24H26N4O3. The first-order chi connectivity index (χ1) is 15.2. The SMILES string of the molecule is COc1ccc(C2CCCN2C(=O)C=Cc2cn(Cc3ccccc3)nn2)c(OC)c1. The van der Waals surface area contributed by atoms with E-state index in [1.165, 1.54) is 0 Å². The van der Waals surface area contributed by atoms with Crippen molar-refractivity contribution in [3.8, 4) is 11.5 Å². The monoisotopic (exact) mass is 418 g/mol. The number of hydrogen-bond acceptors (Lipinski definition) is 5. The lowest BCUT2D eigenvalue weighted by atomic mass is 10.0. The number of nitrogens with zero attached hydrogens (tertiary/aromatic N) is 4. The van der Waals surface area contributed by atoms with Gasteiger partial charge in [0.2, 0.25) is 5.91 Å². The van der Waals surface area contributed by atoms with Crippen LogP contribution in [0.15, 0.2) is 60.8 Å². The molecule has 2 heterocycles. The van der Waals surface area contributed by atoms with Crippen LogP contribution in [0.5, 0.6) is 11.5 Å². The van der Waals surface area contributed by atoms with Gasteiger partial charge >= 0.3 is 0 Å². The summed E-state index contributed by atoms with van der Waals surface area (Å²) in [5.74, 6) is 1.42. The molecule has 2 aromatic carbocycles. The lowest BCUT2D eigenvalue weighted by Gasteiger charge is -2.25. The van der Waals surface area contributed by atoms with Gasteiger partial charge in [-0.2, -0.15) is 0 Å². The first-order valence-corrected chi connectivity index (χ1v) is 10.3. The van der Waals surface area contributed by atoms with Crippen molar-refractivity contribution >= 4 is 12.0 Å². The van der Waals surface area contributed by atoms with E-state index in [0.29, 0.717) is 18.8 Å². The highest BCUT2D eigenvalue weighted by Gasteiger charge is 2.31. The molecule has 0 aliphatic carbocycles. The van der Waals surface area contributed by atoms with Crippen LogP contribution in [0.2, 0.25) is 0 Å². The Morgan fingerprint density at radius 2 is 2.00 bits per heavy atom. The number of rotatable bonds is 7. The molecule has 7 nitrogen and oxygen atoms in total. The summed E-state index contributed by atoms with van der Waals surface area (Å²) in [7, 11) is 3.26. The molecule has 1 aromatic heterocycles. The lowest BCUT2D eigenvalue weighted by Crippen LogP contribution is -2.29. The van der Waals surface area contributed by atoms with Crippen LogP contribution in [-0.4, -0.2) is 46.6 Å². The molecule has 7 heteroatoms. The van der Waals surface area contributed by atoms with Crippen molar-refractivity contribution in [1.82, 2.24) is 19.9 Å². The van der Waals surface area contributed by atoms with Gasteiger partial charge in [-0.05, 0) is 36.6 Å². The molecule has 1 aliphatic heterocycles. The number of carbonyl (C=O) groups excluding carboxylic acids is 1. The van der Waals surface area contributed by atoms with Gasteiger partial charge in [-0.1, -0.05) is 35.5 Å². The Morgan fingerprint density at radius 1 is 1.16 bits per heavy atom. The molecule has 1 aliphatic rings. The van der Waals surface area contributed by atoms with Gasteiger partial charge in [0.15, 0.2) is 0 Å². The quantitative estimate of drug-likeness (QED) is 0.547. The van der Waals surface area contributed by atoms with E-state index in [2.05, 4.69) is 10.3 Å². The average molecular weight is 418 g/mol. The van der Waals surface area contributed by atoms with Crippen LogP contribution >= 0.6 is 0 Å². The van der Waals surface area contributed by atoms with E-state index in [1.54, 1.807) is 31.1 Å². The van der Waals surface area contributed by atoms with Gasteiger partial charge in [0.05, 0.1) is 33.0 Å². The lowest BCUT2D eigenvalue weighted by molar-refractivity contribution is -0.126. The fourth-order valence-corrected chi connectivity index (χ4v) is 3.94. The number of likely N-dealkylation sites (tertiary alicyclic amines) is 1. The maximum Gasteiger partial charge on any atom is 0.247 e. The van der Waals surface area contributed by atoms with Crippen molar-refractivity contribution in [1.29, 1.82) is 0 Å². The molecule has 0 bridgehead atoms. The van der Waals surface area contributed by atoms with E-state index in [-0.39, 0.29) is 11.9 Å². The summed E-state index contributed by atoms with van der Waals surface area (Å²) in [6.07, 6.45) is 6.98. The zero-order valence-corrected chi connectivity index (χ0v) is 17.8. The molecule has 160 valence electrons. The van der Waals surface area contributed by atoms with Crippen molar-refractivity contribution in [3.63, 3.8) is 0 Å². The molecule has 1 atom stereocenters. The summed E-state index contributed by atoms with van der Waals surface area (Å²) >= 11 is 0. The highest BCUT2D eigenvalue weighted by molar-refractivity contribution is 5.92. The molecule has 0 saturated carbocycles. The van der Waals surface area contributed by atoms with Crippen LogP contribution < -0.4 is 9.47 Å². The Hall–Kier alpha value is -3.61. The fraction of sp³-hybridized carbons (Fsp3) is 0.292. The third-order valence-electron chi connectivity index (χ3n) is 5.48. The second-order valence-corrected chi connectivity index (χ2v) is 7.46. The molecule has 4 rings (SSSR count). The Bertz CT molecular complexity index is 1060. The summed E-state index contributed by atoms with van der Waals surface area (Å²) in [6.45, 7) is 1.35. The molecule has 1 fully saturated rings. The largest absolute Gasteiger partial charge is 0.497 e. The van der Waals surface area contributed by atoms with Gasteiger partial charge in [-0.25, -0.2) is 4.68 Å². The normalized spacial score (nSPS) is 16.1. The number of benzene rings is 2. The van der Waals surface area contributed by atoms with Crippen molar-refractivity contribution in [3.05, 3.63) is 77.6 Å². The summed E-state index contributed by atoms with van der Waals surface area (Å²) in [5, 5.41) is 8.31. The van der Waals surface area contributed by atoms with Crippen molar-refractivity contribution in [2.24, 2.45) is 0 Å². The highest BCUT2D eigenvalue weighted by Crippen LogP contribution is 2.38. The molecule has 1 saturated heterocycles. The fourth-order valence-electron chi connectivity index (χ4n) is 3.94. The number of aromatic nitrogens is 3. The van der Waals surface area contributed by atoms with E-state index in [9.17, 15) is 4.79 Å². The predicted molar refractivity (Wildman–Crippen MR) is 118 cm³/mol. The van der Waals surface area contributed by atoms with Crippen LogP contribution in [0.4, 0.5) is 0 Å². The summed E-state index contributed by atoms with van der Waals surface area (Å²) in [5.41, 5.74) is 2.80. The number of amides is 1. The molecular weight excluding hydrogens is 392 g/mol. The highest BCUT2D eigenvalue weighted by atomic mass is 16.5. The Kier molecular flexibility index (Phi) is 6.31. The van der Waals surface area contributed by atoms with E-state index in [1.807, 2.05) is 59.6 Å². The van der Waals surface area contributed by atoms with Crippen LogP contribution in [0.1, 0.15) is 35.7 Å². The van der Waals surface area contributed by atoms with Gasteiger partial charge < -0.3 is 14.4 Å². The molecule has 0 spiro atoms. The number of carbonyl (C=O) groups is 1. The topological polar surface area (TPSA) is 69.5 Å². The second-order valence-electron chi connectivity index (χ2n) is 7.46. The van der Waals surface area contributed by atoms with Crippen LogP contribution in [0.25, 0.3) is 6.08 Å². The van der Waals surface area contributed by atoms with Crippen molar-refractivity contribution in [2.75, 3.05) is 20.8 Å². The number of ether oxygens (including phenoxy) is 2. The van der Waals surface area contributed by atoms with Crippen molar-refractivity contribution in [2.45, 2.75) is 25.4 Å². The Morgan fingerprint density at radius 3 is 2.77 bits per heavy atom. The molecule has 0 radical (unpaired) electrons. The first-order valence-electron chi connectivity index (χ1n) is 10.3. The summed E-state index contributed by atoms with van der Waals surface area (Å²) in [6, 6.07) is 15.8. The minimum Gasteiger partial charge on any atom is -0.497 e. The summed E-state index contributed by atoms with van der Waals surface area (Å²) in [4.78, 5) is 14.8. The predicted octanol–water partition coefficient (Wildman–Crippen LogP) is 3.72. The molecule has 1 unspecified atom stereocenters. The Labute approximate surface area is 181 Å². The number of methoxy groups -OCH3 is 2. The van der Waals surface area contributed by atoms with Crippen LogP contribution in [0.3, 0.4) is 0 Å². The van der Waals surface area contributed by atoms with Gasteiger partial charge in [0.25, 0.3) is 0 Å². The third-order valence-corrected chi connectivity index (χ3v) is 5.48.